The van der Waals surface area contributed by atoms with Gasteiger partial charge in [-0.2, -0.15) is 0 Å². The highest BCUT2D eigenvalue weighted by atomic mass is 32.2. The van der Waals surface area contributed by atoms with E-state index in [1.54, 1.807) is 6.07 Å². The summed E-state index contributed by atoms with van der Waals surface area (Å²) >= 11 is 0. The molecule has 1 aromatic carbocycles. The molecular weight excluding hydrogens is 324 g/mol. The summed E-state index contributed by atoms with van der Waals surface area (Å²) in [4.78, 5) is 14.8. The Kier molecular flexibility index (Phi) is 5.36. The largest absolute Gasteiger partial charge is 0.345 e. The second kappa shape index (κ2) is 7.49. The lowest BCUT2D eigenvalue weighted by Gasteiger charge is -2.20. The van der Waals surface area contributed by atoms with E-state index in [0.717, 1.165) is 25.2 Å². The standard InChI is InChI=1S/C18H24N2O3S/c21-18(19-17-8-11-24(22,23)14-17)16-7-5-6-15(12-16)13-20-9-3-1-2-4-10-20/h5-8,11-12,17H,1-4,9-10,13-14H2,(H,19,21)/t17-/m0/s1. The molecule has 0 aromatic heterocycles. The van der Waals surface area contributed by atoms with Crippen LogP contribution < -0.4 is 5.32 Å². The molecule has 0 unspecified atom stereocenters. The summed E-state index contributed by atoms with van der Waals surface area (Å²) in [5, 5.41) is 3.95. The minimum atomic E-state index is -3.16. The molecule has 1 aromatic rings. The maximum absolute atomic E-state index is 12.4. The van der Waals surface area contributed by atoms with Crippen molar-refractivity contribution in [2.75, 3.05) is 18.8 Å². The van der Waals surface area contributed by atoms with E-state index in [2.05, 4.69) is 10.2 Å². The van der Waals surface area contributed by atoms with Gasteiger partial charge in [0, 0.05) is 17.5 Å². The van der Waals surface area contributed by atoms with E-state index in [0.29, 0.717) is 5.56 Å². The van der Waals surface area contributed by atoms with E-state index in [9.17, 15) is 13.2 Å². The number of carbonyl (C=O) groups is 1. The number of carbonyl (C=O) groups excluding carboxylic acids is 1. The van der Waals surface area contributed by atoms with Gasteiger partial charge in [-0.15, -0.1) is 0 Å². The van der Waals surface area contributed by atoms with E-state index >= 15 is 0 Å². The number of hydrogen-bond donors (Lipinski definition) is 1. The summed E-state index contributed by atoms with van der Waals surface area (Å²) < 4.78 is 22.8. The molecule has 0 saturated carbocycles. The summed E-state index contributed by atoms with van der Waals surface area (Å²) in [6, 6.07) is 7.18. The summed E-state index contributed by atoms with van der Waals surface area (Å²) in [6.45, 7) is 3.08. The number of benzene rings is 1. The van der Waals surface area contributed by atoms with Crippen molar-refractivity contribution in [2.24, 2.45) is 0 Å². The molecule has 0 aliphatic carbocycles. The average molecular weight is 348 g/mol. The molecule has 24 heavy (non-hydrogen) atoms. The van der Waals surface area contributed by atoms with E-state index in [-0.39, 0.29) is 11.7 Å². The van der Waals surface area contributed by atoms with Crippen molar-refractivity contribution < 1.29 is 13.2 Å². The van der Waals surface area contributed by atoms with Crippen LogP contribution in [0.1, 0.15) is 41.6 Å². The molecule has 2 aliphatic heterocycles. The van der Waals surface area contributed by atoms with Crippen molar-refractivity contribution in [2.45, 2.75) is 38.3 Å². The van der Waals surface area contributed by atoms with Crippen molar-refractivity contribution in [3.63, 3.8) is 0 Å². The predicted octanol–water partition coefficient (Wildman–Crippen LogP) is 2.10. The van der Waals surface area contributed by atoms with Gasteiger partial charge < -0.3 is 5.32 Å². The van der Waals surface area contributed by atoms with Gasteiger partial charge in [0.1, 0.15) is 0 Å². The summed E-state index contributed by atoms with van der Waals surface area (Å²) in [7, 11) is -3.16. The number of rotatable bonds is 4. The minimum absolute atomic E-state index is 0.0494. The van der Waals surface area contributed by atoms with E-state index in [1.165, 1.54) is 37.2 Å². The summed E-state index contributed by atoms with van der Waals surface area (Å²) in [5.74, 6) is -0.272. The first kappa shape index (κ1) is 17.2. The third-order valence-corrected chi connectivity index (χ3v) is 5.94. The van der Waals surface area contributed by atoms with Crippen LogP contribution in [0.3, 0.4) is 0 Å². The zero-order valence-electron chi connectivity index (χ0n) is 13.8. The molecule has 1 saturated heterocycles. The van der Waals surface area contributed by atoms with Gasteiger partial charge in [0.25, 0.3) is 5.91 Å². The monoisotopic (exact) mass is 348 g/mol. The van der Waals surface area contributed by atoms with Gasteiger partial charge in [0.15, 0.2) is 9.84 Å². The van der Waals surface area contributed by atoms with Crippen LogP contribution in [0, 0.1) is 0 Å². The van der Waals surface area contributed by atoms with Crippen LogP contribution in [0.2, 0.25) is 0 Å². The minimum Gasteiger partial charge on any atom is -0.345 e. The molecule has 130 valence electrons. The van der Waals surface area contributed by atoms with E-state index in [1.807, 2.05) is 18.2 Å². The molecule has 1 N–H and O–H groups in total. The van der Waals surface area contributed by atoms with Crippen LogP contribution in [0.4, 0.5) is 0 Å². The molecule has 1 amide bonds. The Balaban J connectivity index is 1.62. The Labute approximate surface area is 143 Å². The first-order valence-corrected chi connectivity index (χ1v) is 10.3. The molecule has 0 radical (unpaired) electrons. The molecule has 6 heteroatoms. The lowest BCUT2D eigenvalue weighted by atomic mass is 10.1. The third-order valence-electron chi connectivity index (χ3n) is 4.54. The lowest BCUT2D eigenvalue weighted by Crippen LogP contribution is -2.35. The first-order valence-electron chi connectivity index (χ1n) is 8.55. The smallest absolute Gasteiger partial charge is 0.251 e. The lowest BCUT2D eigenvalue weighted by molar-refractivity contribution is 0.0947. The van der Waals surface area contributed by atoms with Gasteiger partial charge in [-0.25, -0.2) is 8.42 Å². The summed E-state index contributed by atoms with van der Waals surface area (Å²) in [6.07, 6.45) is 6.62. The first-order chi connectivity index (χ1) is 11.5. The Bertz CT molecular complexity index is 720. The van der Waals surface area contributed by atoms with Crippen LogP contribution in [0.5, 0.6) is 0 Å². The van der Waals surface area contributed by atoms with Crippen LogP contribution >= 0.6 is 0 Å². The van der Waals surface area contributed by atoms with Gasteiger partial charge in [0.2, 0.25) is 0 Å². The molecule has 2 heterocycles. The fourth-order valence-corrected chi connectivity index (χ4v) is 4.52. The van der Waals surface area contributed by atoms with Crippen molar-refractivity contribution in [1.29, 1.82) is 0 Å². The zero-order chi connectivity index (χ0) is 17.0. The van der Waals surface area contributed by atoms with Crippen LogP contribution in [0.15, 0.2) is 35.7 Å². The number of nitrogens with one attached hydrogen (secondary N) is 1. The highest BCUT2D eigenvalue weighted by molar-refractivity contribution is 7.94. The number of amides is 1. The van der Waals surface area contributed by atoms with Crippen molar-refractivity contribution in [3.05, 3.63) is 46.9 Å². The van der Waals surface area contributed by atoms with Crippen LogP contribution in [-0.4, -0.2) is 44.1 Å². The van der Waals surface area contributed by atoms with Crippen molar-refractivity contribution >= 4 is 15.7 Å². The fourth-order valence-electron chi connectivity index (χ4n) is 3.28. The molecular formula is C18H24N2O3S. The molecule has 0 spiro atoms. The van der Waals surface area contributed by atoms with Crippen molar-refractivity contribution in [3.8, 4) is 0 Å². The maximum atomic E-state index is 12.4. The quantitative estimate of drug-likeness (QED) is 0.905. The molecule has 2 aliphatic rings. The highest BCUT2D eigenvalue weighted by Crippen LogP contribution is 2.15. The predicted molar refractivity (Wildman–Crippen MR) is 94.4 cm³/mol. The number of likely N-dealkylation sites (tertiary alicyclic amines) is 1. The Morgan fingerprint density at radius 1 is 1.17 bits per heavy atom. The Morgan fingerprint density at radius 3 is 2.58 bits per heavy atom. The molecule has 0 bridgehead atoms. The molecule has 5 nitrogen and oxygen atoms in total. The highest BCUT2D eigenvalue weighted by Gasteiger charge is 2.23. The average Bonchev–Trinajstić information content (AvgIpc) is 2.75. The molecule has 3 rings (SSSR count). The van der Waals surface area contributed by atoms with Crippen molar-refractivity contribution in [1.82, 2.24) is 10.2 Å². The van der Waals surface area contributed by atoms with Gasteiger partial charge in [0.05, 0.1) is 11.8 Å². The Morgan fingerprint density at radius 2 is 1.92 bits per heavy atom. The second-order valence-electron chi connectivity index (χ2n) is 6.63. The number of nitrogens with zero attached hydrogens (tertiary/aromatic N) is 1. The number of hydrogen-bond acceptors (Lipinski definition) is 4. The maximum Gasteiger partial charge on any atom is 0.251 e. The normalized spacial score (nSPS) is 23.8. The van der Waals surface area contributed by atoms with Gasteiger partial charge >= 0.3 is 0 Å². The van der Waals surface area contributed by atoms with Crippen LogP contribution in [0.25, 0.3) is 0 Å². The third kappa shape index (κ3) is 4.68. The topological polar surface area (TPSA) is 66.5 Å². The second-order valence-corrected chi connectivity index (χ2v) is 8.56. The number of sulfone groups is 1. The molecule has 1 atom stereocenters. The van der Waals surface area contributed by atoms with Gasteiger partial charge in [-0.3, -0.25) is 9.69 Å². The van der Waals surface area contributed by atoms with Crippen LogP contribution in [-0.2, 0) is 16.4 Å². The van der Waals surface area contributed by atoms with E-state index < -0.39 is 15.9 Å². The molecule has 1 fully saturated rings. The SMILES string of the molecule is O=C(N[C@H]1C=CS(=O)(=O)C1)c1cccc(CN2CCCCCC2)c1. The fraction of sp³-hybridized carbons (Fsp3) is 0.500. The zero-order valence-corrected chi connectivity index (χ0v) is 14.6. The van der Waals surface area contributed by atoms with Gasteiger partial charge in [-0.05, 0) is 49.7 Å². The van der Waals surface area contributed by atoms with E-state index in [4.69, 9.17) is 0 Å². The van der Waals surface area contributed by atoms with Gasteiger partial charge in [-0.1, -0.05) is 25.0 Å². The Hall–Kier alpha value is -1.66. The summed E-state index contributed by atoms with van der Waals surface area (Å²) in [5.41, 5.74) is 1.71.